The predicted molar refractivity (Wildman–Crippen MR) is 132 cm³/mol. The van der Waals surface area contributed by atoms with Gasteiger partial charge in [0.05, 0.1) is 11.6 Å². The average molecular weight is 471 g/mol. The zero-order valence-electron chi connectivity index (χ0n) is 19.6. The number of likely N-dealkylation sites (tertiary alicyclic amines) is 1. The summed E-state index contributed by atoms with van der Waals surface area (Å²) in [6, 6.07) is 21.4. The molecule has 2 heterocycles. The molecule has 0 aromatic heterocycles. The largest absolute Gasteiger partial charge is 0.507 e. The third-order valence-electron chi connectivity index (χ3n) is 6.28. The predicted octanol–water partition coefficient (Wildman–Crippen LogP) is 4.15. The van der Waals surface area contributed by atoms with Gasteiger partial charge in [0.2, 0.25) is 0 Å². The van der Waals surface area contributed by atoms with Crippen molar-refractivity contribution < 1.29 is 24.2 Å². The van der Waals surface area contributed by atoms with Gasteiger partial charge >= 0.3 is 0 Å². The molecule has 1 N–H and O–H groups in total. The number of hydrogen-bond donors (Lipinski definition) is 1. The molecule has 178 valence electrons. The van der Waals surface area contributed by atoms with Crippen molar-refractivity contribution in [1.29, 1.82) is 0 Å². The number of benzene rings is 3. The Balaban J connectivity index is 1.62. The highest BCUT2D eigenvalue weighted by Crippen LogP contribution is 2.42. The number of ether oxygens (including phenoxy) is 2. The Morgan fingerprint density at radius 2 is 1.63 bits per heavy atom. The molecular weight excluding hydrogens is 444 g/mol. The minimum absolute atomic E-state index is 0.0558. The fourth-order valence-electron chi connectivity index (χ4n) is 4.47. The SMILES string of the molecule is CN(C)c1ccc([C@@H]2/C(=C(\O)c3ccc4c(c3)OCCO4)C(=O)C(=O)N2Cc2ccccc2)cc1. The lowest BCUT2D eigenvalue weighted by atomic mass is 9.94. The molecular formula is C28H26N2O5. The van der Waals surface area contributed by atoms with Crippen LogP contribution in [-0.4, -0.2) is 49.0 Å². The summed E-state index contributed by atoms with van der Waals surface area (Å²) >= 11 is 0. The number of rotatable bonds is 5. The molecule has 7 heteroatoms. The number of amides is 1. The maximum atomic E-state index is 13.3. The Kier molecular flexibility index (Phi) is 5.91. The molecule has 1 fully saturated rings. The normalized spacial score (nSPS) is 18.6. The number of fused-ring (bicyclic) bond motifs is 1. The van der Waals surface area contributed by atoms with Crippen molar-refractivity contribution in [2.24, 2.45) is 0 Å². The van der Waals surface area contributed by atoms with Crippen LogP contribution in [0.5, 0.6) is 11.5 Å². The third kappa shape index (κ3) is 4.21. The van der Waals surface area contributed by atoms with Crippen LogP contribution in [0.4, 0.5) is 5.69 Å². The number of nitrogens with zero attached hydrogens (tertiary/aromatic N) is 2. The molecule has 1 saturated heterocycles. The van der Waals surface area contributed by atoms with E-state index in [9.17, 15) is 14.7 Å². The van der Waals surface area contributed by atoms with E-state index in [1.165, 1.54) is 4.90 Å². The van der Waals surface area contributed by atoms with Crippen molar-refractivity contribution in [2.75, 3.05) is 32.2 Å². The van der Waals surface area contributed by atoms with E-state index >= 15 is 0 Å². The number of carbonyl (C=O) groups excluding carboxylic acids is 2. The van der Waals surface area contributed by atoms with Crippen molar-refractivity contribution in [3.8, 4) is 11.5 Å². The fourth-order valence-corrected chi connectivity index (χ4v) is 4.47. The highest BCUT2D eigenvalue weighted by Gasteiger charge is 2.46. The highest BCUT2D eigenvalue weighted by molar-refractivity contribution is 6.46. The molecule has 0 bridgehead atoms. The first-order chi connectivity index (χ1) is 16.9. The Hall–Kier alpha value is -4.26. The van der Waals surface area contributed by atoms with Gasteiger partial charge in [-0.05, 0) is 41.5 Å². The van der Waals surface area contributed by atoms with Gasteiger partial charge in [-0.15, -0.1) is 0 Å². The van der Waals surface area contributed by atoms with E-state index in [0.717, 1.165) is 16.8 Å². The zero-order valence-corrected chi connectivity index (χ0v) is 19.6. The van der Waals surface area contributed by atoms with Gasteiger partial charge in [0.15, 0.2) is 11.5 Å². The van der Waals surface area contributed by atoms with E-state index in [0.29, 0.717) is 30.3 Å². The molecule has 0 spiro atoms. The van der Waals surface area contributed by atoms with Gasteiger partial charge < -0.3 is 24.4 Å². The van der Waals surface area contributed by atoms with Gasteiger partial charge in [0.1, 0.15) is 19.0 Å². The standard InChI is InChI=1S/C28H26N2O5/c1-29(2)21-11-8-19(9-12-21)25-24(26(31)20-10-13-22-23(16-20)35-15-14-34-22)27(32)28(33)30(25)17-18-6-4-3-5-7-18/h3-13,16,25,31H,14-15,17H2,1-2H3/b26-24+/t25-/m1/s1. The van der Waals surface area contributed by atoms with Gasteiger partial charge in [-0.2, -0.15) is 0 Å². The molecule has 3 aromatic rings. The summed E-state index contributed by atoms with van der Waals surface area (Å²) in [6.45, 7) is 1.09. The molecule has 2 aliphatic heterocycles. The number of hydrogen-bond acceptors (Lipinski definition) is 6. The van der Waals surface area contributed by atoms with Crippen LogP contribution >= 0.6 is 0 Å². The zero-order chi connectivity index (χ0) is 24.5. The van der Waals surface area contributed by atoms with Crippen LogP contribution in [0.1, 0.15) is 22.7 Å². The van der Waals surface area contributed by atoms with Crippen molar-refractivity contribution in [3.63, 3.8) is 0 Å². The first kappa shape index (κ1) is 22.5. The maximum Gasteiger partial charge on any atom is 0.295 e. The highest BCUT2D eigenvalue weighted by atomic mass is 16.6. The lowest BCUT2D eigenvalue weighted by Gasteiger charge is -2.26. The summed E-state index contributed by atoms with van der Waals surface area (Å²) < 4.78 is 11.2. The Labute approximate surface area is 203 Å². The van der Waals surface area contributed by atoms with E-state index in [2.05, 4.69) is 0 Å². The second-order valence-electron chi connectivity index (χ2n) is 8.76. The molecule has 1 atom stereocenters. The molecule has 3 aromatic carbocycles. The summed E-state index contributed by atoms with van der Waals surface area (Å²) in [5, 5.41) is 11.3. The van der Waals surface area contributed by atoms with Crippen molar-refractivity contribution in [1.82, 2.24) is 4.90 Å². The van der Waals surface area contributed by atoms with Crippen LogP contribution in [0.25, 0.3) is 5.76 Å². The molecule has 7 nitrogen and oxygen atoms in total. The number of aliphatic hydroxyl groups is 1. The summed E-state index contributed by atoms with van der Waals surface area (Å²) in [7, 11) is 3.89. The summed E-state index contributed by atoms with van der Waals surface area (Å²) in [6.07, 6.45) is 0. The van der Waals surface area contributed by atoms with Crippen LogP contribution < -0.4 is 14.4 Å². The topological polar surface area (TPSA) is 79.3 Å². The second kappa shape index (κ2) is 9.18. The number of aliphatic hydroxyl groups excluding tert-OH is 1. The first-order valence-electron chi connectivity index (χ1n) is 11.4. The van der Waals surface area contributed by atoms with Gasteiger partial charge in [0.25, 0.3) is 11.7 Å². The summed E-state index contributed by atoms with van der Waals surface area (Å²) in [5.74, 6) is -0.527. The lowest BCUT2D eigenvalue weighted by molar-refractivity contribution is -0.140. The molecule has 0 aliphatic carbocycles. The molecule has 0 radical (unpaired) electrons. The molecule has 1 amide bonds. The minimum Gasteiger partial charge on any atom is -0.507 e. The van der Waals surface area contributed by atoms with Crippen LogP contribution in [0.2, 0.25) is 0 Å². The van der Waals surface area contributed by atoms with Crippen LogP contribution in [0, 0.1) is 0 Å². The minimum atomic E-state index is -0.736. The number of ketones is 1. The monoisotopic (exact) mass is 470 g/mol. The van der Waals surface area contributed by atoms with Gasteiger partial charge in [-0.3, -0.25) is 9.59 Å². The smallest absolute Gasteiger partial charge is 0.295 e. The molecule has 0 unspecified atom stereocenters. The number of Topliss-reactive ketones (excluding diaryl/α,β-unsaturated/α-hetero) is 1. The summed E-state index contributed by atoms with van der Waals surface area (Å²) in [4.78, 5) is 30.0. The Morgan fingerprint density at radius 1 is 0.943 bits per heavy atom. The average Bonchev–Trinajstić information content (AvgIpc) is 3.13. The number of carbonyl (C=O) groups is 2. The maximum absolute atomic E-state index is 13.3. The van der Waals surface area contributed by atoms with Crippen LogP contribution in [0.15, 0.2) is 78.4 Å². The van der Waals surface area contributed by atoms with Gasteiger partial charge in [0, 0.05) is 31.9 Å². The quantitative estimate of drug-likeness (QED) is 0.343. The third-order valence-corrected chi connectivity index (χ3v) is 6.28. The fraction of sp³-hybridized carbons (Fsp3) is 0.214. The molecule has 5 rings (SSSR count). The molecule has 2 aliphatic rings. The first-order valence-corrected chi connectivity index (χ1v) is 11.4. The van der Waals surface area contributed by atoms with Crippen molar-refractivity contribution in [3.05, 3.63) is 95.1 Å². The van der Waals surface area contributed by atoms with Crippen molar-refractivity contribution in [2.45, 2.75) is 12.6 Å². The van der Waals surface area contributed by atoms with Crippen LogP contribution in [0.3, 0.4) is 0 Å². The van der Waals surface area contributed by atoms with Gasteiger partial charge in [-0.1, -0.05) is 42.5 Å². The Bertz CT molecular complexity index is 1300. The second-order valence-corrected chi connectivity index (χ2v) is 8.76. The van der Waals surface area contributed by atoms with E-state index in [4.69, 9.17) is 9.47 Å². The molecule has 35 heavy (non-hydrogen) atoms. The van der Waals surface area contributed by atoms with E-state index in [1.54, 1.807) is 18.2 Å². The lowest BCUT2D eigenvalue weighted by Crippen LogP contribution is -2.29. The summed E-state index contributed by atoms with van der Waals surface area (Å²) in [5.41, 5.74) is 3.07. The molecule has 0 saturated carbocycles. The van der Waals surface area contributed by atoms with Crippen LogP contribution in [-0.2, 0) is 16.1 Å². The van der Waals surface area contributed by atoms with E-state index in [-0.39, 0.29) is 17.9 Å². The van der Waals surface area contributed by atoms with Crippen molar-refractivity contribution >= 4 is 23.1 Å². The van der Waals surface area contributed by atoms with E-state index < -0.39 is 17.7 Å². The number of anilines is 1. The van der Waals surface area contributed by atoms with Gasteiger partial charge in [-0.25, -0.2) is 0 Å². The van der Waals surface area contributed by atoms with E-state index in [1.807, 2.05) is 73.6 Å². The Morgan fingerprint density at radius 3 is 2.31 bits per heavy atom.